The molecule has 3 heteroatoms. The lowest BCUT2D eigenvalue weighted by Gasteiger charge is -2.34. The van der Waals surface area contributed by atoms with E-state index in [0.717, 1.165) is 19.3 Å². The van der Waals surface area contributed by atoms with Crippen LogP contribution < -0.4 is 0 Å². The van der Waals surface area contributed by atoms with E-state index < -0.39 is 0 Å². The molecule has 18 heavy (non-hydrogen) atoms. The Labute approximate surface area is 125 Å². The second kappa shape index (κ2) is 7.11. The first-order valence-corrected chi connectivity index (χ1v) is 8.46. The van der Waals surface area contributed by atoms with E-state index in [0.29, 0.717) is 9.84 Å². The molecule has 0 aromatic carbocycles. The Morgan fingerprint density at radius 3 is 2.28 bits per heavy atom. The van der Waals surface area contributed by atoms with E-state index in [2.05, 4.69) is 50.3 Å². The summed E-state index contributed by atoms with van der Waals surface area (Å²) in [5, 5.41) is 0. The SMILES string of the molecule is CC(I)CC(C)(C(=O)OC1CCCCC1)C(C)C. The molecule has 1 aliphatic rings. The quantitative estimate of drug-likeness (QED) is 0.399. The Kier molecular flexibility index (Phi) is 6.42. The van der Waals surface area contributed by atoms with Crippen LogP contribution in [0.3, 0.4) is 0 Å². The molecule has 2 atom stereocenters. The van der Waals surface area contributed by atoms with Crippen LogP contribution in [0, 0.1) is 11.3 Å². The summed E-state index contributed by atoms with van der Waals surface area (Å²) in [5.74, 6) is 0.346. The lowest BCUT2D eigenvalue weighted by atomic mass is 9.75. The summed E-state index contributed by atoms with van der Waals surface area (Å²) in [6.45, 7) is 8.48. The van der Waals surface area contributed by atoms with Gasteiger partial charge in [0.15, 0.2) is 0 Å². The number of alkyl halides is 1. The second-order valence-electron chi connectivity index (χ2n) is 6.22. The number of carbonyl (C=O) groups excluding carboxylic acids is 1. The Morgan fingerprint density at radius 1 is 1.28 bits per heavy atom. The minimum absolute atomic E-state index is 0.0212. The third kappa shape index (κ3) is 4.39. The van der Waals surface area contributed by atoms with Gasteiger partial charge >= 0.3 is 5.97 Å². The monoisotopic (exact) mass is 366 g/mol. The van der Waals surface area contributed by atoms with Crippen molar-refractivity contribution in [3.8, 4) is 0 Å². The standard InChI is InChI=1S/C15H27IO2/c1-11(2)15(4,10-12(3)16)14(17)18-13-8-6-5-7-9-13/h11-13H,5-10H2,1-4H3. The highest BCUT2D eigenvalue weighted by Crippen LogP contribution is 2.37. The summed E-state index contributed by atoms with van der Waals surface area (Å²) in [5.41, 5.74) is -0.335. The Bertz CT molecular complexity index is 270. The van der Waals surface area contributed by atoms with Crippen molar-refractivity contribution in [1.82, 2.24) is 0 Å². The average molecular weight is 366 g/mol. The lowest BCUT2D eigenvalue weighted by molar-refractivity contribution is -0.165. The van der Waals surface area contributed by atoms with Gasteiger partial charge in [-0.25, -0.2) is 0 Å². The van der Waals surface area contributed by atoms with Crippen molar-refractivity contribution in [1.29, 1.82) is 0 Å². The average Bonchev–Trinajstić information content (AvgIpc) is 2.29. The van der Waals surface area contributed by atoms with Gasteiger partial charge in [0.2, 0.25) is 0 Å². The largest absolute Gasteiger partial charge is 0.462 e. The van der Waals surface area contributed by atoms with Crippen LogP contribution in [0.1, 0.15) is 66.2 Å². The van der Waals surface area contributed by atoms with Crippen LogP contribution in [0.25, 0.3) is 0 Å². The van der Waals surface area contributed by atoms with Crippen molar-refractivity contribution in [2.24, 2.45) is 11.3 Å². The van der Waals surface area contributed by atoms with E-state index in [1.165, 1.54) is 19.3 Å². The number of rotatable bonds is 5. The molecule has 2 nitrogen and oxygen atoms in total. The van der Waals surface area contributed by atoms with Crippen LogP contribution in [-0.4, -0.2) is 16.0 Å². The van der Waals surface area contributed by atoms with E-state index in [1.807, 2.05) is 0 Å². The number of halogens is 1. The fraction of sp³-hybridized carbons (Fsp3) is 0.933. The van der Waals surface area contributed by atoms with Crippen LogP contribution in [-0.2, 0) is 9.53 Å². The number of ether oxygens (including phenoxy) is 1. The normalized spacial score (nSPS) is 22.6. The van der Waals surface area contributed by atoms with E-state index in [9.17, 15) is 4.79 Å². The zero-order valence-corrected chi connectivity index (χ0v) is 14.3. The summed E-state index contributed by atoms with van der Waals surface area (Å²) < 4.78 is 6.27. The smallest absolute Gasteiger partial charge is 0.312 e. The molecule has 1 aliphatic carbocycles. The minimum atomic E-state index is -0.335. The number of hydrogen-bond donors (Lipinski definition) is 0. The summed E-state index contributed by atoms with van der Waals surface area (Å²) in [4.78, 5) is 12.5. The van der Waals surface area contributed by atoms with Gasteiger partial charge in [-0.15, -0.1) is 0 Å². The van der Waals surface area contributed by atoms with Gasteiger partial charge in [0.05, 0.1) is 5.41 Å². The van der Waals surface area contributed by atoms with Crippen LogP contribution in [0.2, 0.25) is 0 Å². The molecule has 1 saturated carbocycles. The maximum atomic E-state index is 12.5. The zero-order valence-electron chi connectivity index (χ0n) is 12.2. The van der Waals surface area contributed by atoms with Gasteiger partial charge in [-0.3, -0.25) is 4.79 Å². The maximum Gasteiger partial charge on any atom is 0.312 e. The van der Waals surface area contributed by atoms with Gasteiger partial charge < -0.3 is 4.74 Å². The molecule has 0 aromatic rings. The highest BCUT2D eigenvalue weighted by Gasteiger charge is 2.40. The van der Waals surface area contributed by atoms with Crippen LogP contribution >= 0.6 is 22.6 Å². The molecule has 2 unspecified atom stereocenters. The maximum absolute atomic E-state index is 12.5. The van der Waals surface area contributed by atoms with E-state index in [-0.39, 0.29) is 17.5 Å². The van der Waals surface area contributed by atoms with Gasteiger partial charge in [-0.2, -0.15) is 0 Å². The molecule has 0 bridgehead atoms. The first kappa shape index (κ1) is 16.3. The second-order valence-corrected chi connectivity index (χ2v) is 8.35. The van der Waals surface area contributed by atoms with Crippen LogP contribution in [0.15, 0.2) is 0 Å². The van der Waals surface area contributed by atoms with Crippen LogP contribution in [0.4, 0.5) is 0 Å². The van der Waals surface area contributed by atoms with E-state index in [4.69, 9.17) is 4.74 Å². The molecule has 106 valence electrons. The molecule has 0 radical (unpaired) electrons. The highest BCUT2D eigenvalue weighted by atomic mass is 127. The van der Waals surface area contributed by atoms with Gasteiger partial charge in [-0.05, 0) is 44.9 Å². The molecule has 0 amide bonds. The van der Waals surface area contributed by atoms with Crippen molar-refractivity contribution in [3.05, 3.63) is 0 Å². The molecule has 0 spiro atoms. The molecule has 0 saturated heterocycles. The first-order valence-electron chi connectivity index (χ1n) is 7.21. The minimum Gasteiger partial charge on any atom is -0.462 e. The summed E-state index contributed by atoms with van der Waals surface area (Å²) in [6, 6.07) is 0. The van der Waals surface area contributed by atoms with Gasteiger partial charge in [0, 0.05) is 3.92 Å². The molecular formula is C15H27IO2. The summed E-state index contributed by atoms with van der Waals surface area (Å²) >= 11 is 2.40. The predicted molar refractivity (Wildman–Crippen MR) is 84.0 cm³/mol. The molecule has 0 aromatic heterocycles. The molecule has 0 heterocycles. The van der Waals surface area contributed by atoms with E-state index in [1.54, 1.807) is 0 Å². The first-order chi connectivity index (χ1) is 8.36. The predicted octanol–water partition coefficient (Wildman–Crippen LogP) is 4.74. The third-order valence-electron chi connectivity index (χ3n) is 4.27. The number of esters is 1. The van der Waals surface area contributed by atoms with Gasteiger partial charge in [0.25, 0.3) is 0 Å². The molecule has 1 rings (SSSR count). The highest BCUT2D eigenvalue weighted by molar-refractivity contribution is 14.1. The summed E-state index contributed by atoms with van der Waals surface area (Å²) in [6.07, 6.45) is 6.89. The Hall–Kier alpha value is 0.200. The topological polar surface area (TPSA) is 26.3 Å². The van der Waals surface area contributed by atoms with Crippen LogP contribution in [0.5, 0.6) is 0 Å². The fourth-order valence-corrected chi connectivity index (χ4v) is 3.52. The number of hydrogen-bond acceptors (Lipinski definition) is 2. The Morgan fingerprint density at radius 2 is 1.83 bits per heavy atom. The number of carbonyl (C=O) groups is 1. The molecule has 1 fully saturated rings. The molecular weight excluding hydrogens is 339 g/mol. The summed E-state index contributed by atoms with van der Waals surface area (Å²) in [7, 11) is 0. The van der Waals surface area contributed by atoms with Crippen molar-refractivity contribution in [2.75, 3.05) is 0 Å². The molecule has 0 aliphatic heterocycles. The zero-order chi connectivity index (χ0) is 13.8. The third-order valence-corrected chi connectivity index (χ3v) is 4.71. The fourth-order valence-electron chi connectivity index (χ4n) is 2.61. The van der Waals surface area contributed by atoms with Crippen molar-refractivity contribution in [3.63, 3.8) is 0 Å². The lowest BCUT2D eigenvalue weighted by Crippen LogP contribution is -2.39. The van der Waals surface area contributed by atoms with Gasteiger partial charge in [0.1, 0.15) is 6.10 Å². The van der Waals surface area contributed by atoms with E-state index >= 15 is 0 Å². The van der Waals surface area contributed by atoms with Crippen molar-refractivity contribution < 1.29 is 9.53 Å². The molecule has 0 N–H and O–H groups in total. The Balaban J connectivity index is 2.64. The van der Waals surface area contributed by atoms with Gasteiger partial charge in [-0.1, -0.05) is 49.8 Å². The van der Waals surface area contributed by atoms with Crippen molar-refractivity contribution in [2.45, 2.75) is 76.2 Å². The van der Waals surface area contributed by atoms with Crippen molar-refractivity contribution >= 4 is 28.6 Å².